The first-order valence-corrected chi connectivity index (χ1v) is 29.9. The number of nitrogens with zero attached hydrogens (tertiary/aromatic N) is 2. The van der Waals surface area contributed by atoms with Crippen molar-refractivity contribution in [3.05, 3.63) is 138 Å². The van der Waals surface area contributed by atoms with Crippen LogP contribution in [0.25, 0.3) is 55.6 Å². The van der Waals surface area contributed by atoms with Crippen LogP contribution in [0.4, 0.5) is 0 Å². The Labute approximate surface area is 375 Å². The number of pyridine rings is 2. The van der Waals surface area contributed by atoms with E-state index in [9.17, 15) is 0 Å². The van der Waals surface area contributed by atoms with Crippen molar-refractivity contribution in [2.75, 3.05) is 0 Å². The molecule has 2 fully saturated rings. The molecule has 9 rings (SSSR count). The van der Waals surface area contributed by atoms with Crippen LogP contribution >= 0.6 is 0 Å². The third-order valence-electron chi connectivity index (χ3n) is 13.1. The zero-order valence-electron chi connectivity index (χ0n) is 36.6. The molecule has 0 bridgehead atoms. The maximum Gasteiger partial charge on any atom is 0.121 e. The van der Waals surface area contributed by atoms with E-state index in [1.165, 1.54) is 92.0 Å². The van der Waals surface area contributed by atoms with Crippen molar-refractivity contribution in [2.45, 2.75) is 121 Å². The first kappa shape index (κ1) is 44.2. The van der Waals surface area contributed by atoms with Crippen molar-refractivity contribution in [1.29, 1.82) is 0 Å². The molecule has 2 aliphatic carbocycles. The number of fused-ring (bicyclic) bond motifs is 3. The summed E-state index contributed by atoms with van der Waals surface area (Å²) in [5.74, 6) is 10.1. The van der Waals surface area contributed by atoms with Gasteiger partial charge in [-0.3, -0.25) is 0 Å². The van der Waals surface area contributed by atoms with Gasteiger partial charge in [0, 0.05) is 31.7 Å². The van der Waals surface area contributed by atoms with Gasteiger partial charge in [0.25, 0.3) is 0 Å². The molecule has 1 radical (unpaired) electrons. The molecule has 0 aliphatic heterocycles. The van der Waals surface area contributed by atoms with Gasteiger partial charge in [0.2, 0.25) is 0 Å². The van der Waals surface area contributed by atoms with Gasteiger partial charge in [-0.25, -0.2) is 0 Å². The molecule has 0 N–H and O–H groups in total. The number of furan rings is 1. The summed E-state index contributed by atoms with van der Waals surface area (Å²) in [5.41, 5.74) is 12.7. The molecule has 0 spiro atoms. The van der Waals surface area contributed by atoms with Crippen LogP contribution in [-0.2, 0) is 26.5 Å². The minimum Gasteiger partial charge on any atom is -0.501 e. The van der Waals surface area contributed by atoms with Crippen molar-refractivity contribution in [3.8, 4) is 33.6 Å². The van der Waals surface area contributed by atoms with E-state index in [0.29, 0.717) is 11.8 Å². The van der Waals surface area contributed by atoms with Crippen molar-refractivity contribution in [3.63, 3.8) is 0 Å². The summed E-state index contributed by atoms with van der Waals surface area (Å²) in [6, 6.07) is 41.4. The molecule has 3 heterocycles. The topological polar surface area (TPSA) is 38.9 Å². The quantitative estimate of drug-likeness (QED) is 0.107. The van der Waals surface area contributed by atoms with E-state index < -0.39 is 13.3 Å². The van der Waals surface area contributed by atoms with Crippen molar-refractivity contribution >= 4 is 39.6 Å². The maximum absolute atomic E-state index is 6.45. The molecule has 0 amide bonds. The Balaban J connectivity index is 0.000000184. The van der Waals surface area contributed by atoms with E-state index in [1.54, 1.807) is 4.40 Å². The van der Waals surface area contributed by atoms with E-state index >= 15 is 0 Å². The Bertz CT molecular complexity index is 2490. The normalized spacial score (nSPS) is 15.7. The van der Waals surface area contributed by atoms with Gasteiger partial charge in [0.1, 0.15) is 5.58 Å². The molecule has 7 aromatic rings. The summed E-state index contributed by atoms with van der Waals surface area (Å²) in [6.45, 7) is 7.01. The number of aromatic nitrogens is 2. The molecule has 4 aromatic carbocycles. The van der Waals surface area contributed by atoms with Crippen molar-refractivity contribution in [1.82, 2.24) is 9.97 Å². The fourth-order valence-corrected chi connectivity index (χ4v) is 13.1. The molecular weight excluding hydrogens is 969 g/mol. The van der Waals surface area contributed by atoms with Crippen LogP contribution in [0.15, 0.2) is 114 Å². The smallest absolute Gasteiger partial charge is 0.121 e. The van der Waals surface area contributed by atoms with Crippen LogP contribution in [-0.4, -0.2) is 23.2 Å². The zero-order valence-corrected chi connectivity index (χ0v) is 41.1. The molecular formula is C55H62GeIrN2O-2. The largest absolute Gasteiger partial charge is 0.501 e. The first-order chi connectivity index (χ1) is 28.6. The Morgan fingerprint density at radius 2 is 1.43 bits per heavy atom. The van der Waals surface area contributed by atoms with E-state index in [4.69, 9.17) is 14.4 Å². The SMILES string of the molecule is CC(C)Cc1cc(-c2[c-]ccc(C3CCCCC3)c2)nc[c]1[Ge]([CH3])([CH3])[CH3].CC(c1ccnc(-c2[c-]ccc3c2oc2cc(-c4ccccc4)ccc23)c1)C1CCCCC1.[Ir]. The predicted molar refractivity (Wildman–Crippen MR) is 252 cm³/mol. The summed E-state index contributed by atoms with van der Waals surface area (Å²) >= 11 is -1.91. The molecule has 5 heteroatoms. The van der Waals surface area contributed by atoms with Crippen LogP contribution < -0.4 is 4.40 Å². The molecule has 1 atom stereocenters. The van der Waals surface area contributed by atoms with Gasteiger partial charge in [-0.1, -0.05) is 91.2 Å². The van der Waals surface area contributed by atoms with Crippen LogP contribution in [0.3, 0.4) is 0 Å². The van der Waals surface area contributed by atoms with Crippen LogP contribution in [0.1, 0.15) is 114 Å². The second-order valence-electron chi connectivity index (χ2n) is 18.9. The number of hydrogen-bond acceptors (Lipinski definition) is 3. The summed E-state index contributed by atoms with van der Waals surface area (Å²) in [4.78, 5) is 9.62. The number of rotatable bonds is 9. The Kier molecular flexibility index (Phi) is 14.7. The Hall–Kier alpha value is -3.83. The third-order valence-corrected chi connectivity index (χ3v) is 17.4. The minimum absolute atomic E-state index is 0. The molecule has 313 valence electrons. The Morgan fingerprint density at radius 3 is 2.17 bits per heavy atom. The first-order valence-electron chi connectivity index (χ1n) is 22.5. The summed E-state index contributed by atoms with van der Waals surface area (Å²) in [6.07, 6.45) is 18.9. The average Bonchev–Trinajstić information content (AvgIpc) is 3.65. The van der Waals surface area contributed by atoms with Crippen LogP contribution in [0, 0.1) is 24.0 Å². The molecule has 3 aromatic heterocycles. The minimum atomic E-state index is -1.91. The van der Waals surface area contributed by atoms with Gasteiger partial charge in [-0.15, -0.1) is 18.2 Å². The van der Waals surface area contributed by atoms with Gasteiger partial charge in [-0.2, -0.15) is 0 Å². The monoisotopic (exact) mass is 1030 g/mol. The molecule has 3 nitrogen and oxygen atoms in total. The standard InChI is InChI=1S/C31H28NO.C24H34GeN.Ir/c1-21(22-9-4-2-5-10-22)24-17-18-32-29(19-24)28-14-8-13-27-26-16-15-25(20-30(26)33-31(27)28)23-11-6-3-7-12-23;1-18(2)14-22-16-24(26-17-23(22)25(3,4)5)21-13-9-12-20(15-21)19-10-7-6-8-11-19;/h3,6-8,11-13,15-22H,2,4-5,9-10H2,1H3;9,12,15-19H,6-8,10-11,14H2,1-5H3;/q2*-1;. The van der Waals surface area contributed by atoms with E-state index in [2.05, 4.69) is 141 Å². The second-order valence-corrected chi connectivity index (χ2v) is 29.5. The predicted octanol–water partition coefficient (Wildman–Crippen LogP) is 15.1. The molecule has 2 saturated carbocycles. The fourth-order valence-electron chi connectivity index (χ4n) is 9.77. The number of benzene rings is 4. The fraction of sp³-hybridized carbons (Fsp3) is 0.382. The van der Waals surface area contributed by atoms with E-state index in [0.717, 1.165) is 62.7 Å². The van der Waals surface area contributed by atoms with Gasteiger partial charge in [-0.05, 0) is 53.6 Å². The van der Waals surface area contributed by atoms with Gasteiger partial charge >= 0.3 is 163 Å². The third kappa shape index (κ3) is 10.3. The van der Waals surface area contributed by atoms with Gasteiger partial charge in [0.05, 0.1) is 5.58 Å². The molecule has 0 saturated heterocycles. The van der Waals surface area contributed by atoms with Crippen LogP contribution in [0.2, 0.25) is 17.3 Å². The van der Waals surface area contributed by atoms with E-state index in [1.807, 2.05) is 18.3 Å². The summed E-state index contributed by atoms with van der Waals surface area (Å²) in [7, 11) is 0. The van der Waals surface area contributed by atoms with E-state index in [-0.39, 0.29) is 20.1 Å². The molecule has 1 unspecified atom stereocenters. The second kappa shape index (κ2) is 19.9. The number of hydrogen-bond donors (Lipinski definition) is 0. The average molecular weight is 1030 g/mol. The van der Waals surface area contributed by atoms with Crippen LogP contribution in [0.5, 0.6) is 0 Å². The van der Waals surface area contributed by atoms with Crippen molar-refractivity contribution < 1.29 is 24.5 Å². The van der Waals surface area contributed by atoms with Gasteiger partial charge in [0.15, 0.2) is 0 Å². The Morgan fingerprint density at radius 1 is 0.700 bits per heavy atom. The molecule has 60 heavy (non-hydrogen) atoms. The van der Waals surface area contributed by atoms with Crippen molar-refractivity contribution in [2.24, 2.45) is 11.8 Å². The molecule has 2 aliphatic rings. The van der Waals surface area contributed by atoms with Gasteiger partial charge < -0.3 is 9.40 Å². The summed E-state index contributed by atoms with van der Waals surface area (Å²) < 4.78 is 8.01. The zero-order chi connectivity index (χ0) is 40.9. The maximum atomic E-state index is 6.45. The summed E-state index contributed by atoms with van der Waals surface area (Å²) in [5, 5.41) is 2.25.